The average Bonchev–Trinajstić information content (AvgIpc) is 2.73. The van der Waals surface area contributed by atoms with Crippen molar-refractivity contribution in [2.45, 2.75) is 20.4 Å². The van der Waals surface area contributed by atoms with Crippen LogP contribution in [0.15, 0.2) is 42.7 Å². The van der Waals surface area contributed by atoms with E-state index in [1.54, 1.807) is 49.3 Å². The minimum atomic E-state index is -1.19. The quantitative estimate of drug-likeness (QED) is 0.791. The lowest BCUT2D eigenvalue weighted by Gasteiger charge is -2.38. The number of nitrogens with zero attached hydrogens (tertiary/aromatic N) is 4. The molecule has 0 aliphatic carbocycles. The maximum absolute atomic E-state index is 13.0. The predicted octanol–water partition coefficient (Wildman–Crippen LogP) is 1.61. The van der Waals surface area contributed by atoms with E-state index in [0.29, 0.717) is 32.1 Å². The van der Waals surface area contributed by atoms with Gasteiger partial charge >= 0.3 is 0 Å². The summed E-state index contributed by atoms with van der Waals surface area (Å²) in [4.78, 5) is 37.7. The molecule has 0 spiro atoms. The first-order valence-corrected chi connectivity index (χ1v) is 9.22. The lowest BCUT2D eigenvalue weighted by Crippen LogP contribution is -2.55. The van der Waals surface area contributed by atoms with Crippen LogP contribution in [0.25, 0.3) is 0 Å². The Kier molecular flexibility index (Phi) is 5.87. The SMILES string of the molecule is CC(C)(C(=O)NCc1ccc(F)cc1)C(=O)N1CCN(c2ncccn2)CC1. The molecule has 8 heteroatoms. The fourth-order valence-corrected chi connectivity index (χ4v) is 3.06. The summed E-state index contributed by atoms with van der Waals surface area (Å²) in [6, 6.07) is 7.66. The highest BCUT2D eigenvalue weighted by molar-refractivity contribution is 6.04. The molecule has 2 aromatic rings. The van der Waals surface area contributed by atoms with Crippen LogP contribution in [0.4, 0.5) is 10.3 Å². The van der Waals surface area contributed by atoms with Gasteiger partial charge in [0.1, 0.15) is 11.2 Å². The van der Waals surface area contributed by atoms with Gasteiger partial charge in [-0.1, -0.05) is 12.1 Å². The fourth-order valence-electron chi connectivity index (χ4n) is 3.06. The zero-order chi connectivity index (χ0) is 20.1. The first-order valence-electron chi connectivity index (χ1n) is 9.22. The number of carbonyl (C=O) groups is 2. The molecular formula is C20H24FN5O2. The summed E-state index contributed by atoms with van der Waals surface area (Å²) >= 11 is 0. The van der Waals surface area contributed by atoms with E-state index >= 15 is 0 Å². The van der Waals surface area contributed by atoms with E-state index in [9.17, 15) is 14.0 Å². The van der Waals surface area contributed by atoms with Crippen molar-refractivity contribution >= 4 is 17.8 Å². The monoisotopic (exact) mass is 385 g/mol. The Morgan fingerprint density at radius 3 is 2.29 bits per heavy atom. The van der Waals surface area contributed by atoms with Crippen LogP contribution in [0.2, 0.25) is 0 Å². The summed E-state index contributed by atoms with van der Waals surface area (Å²) in [6.07, 6.45) is 3.38. The van der Waals surface area contributed by atoms with E-state index in [0.717, 1.165) is 5.56 Å². The third kappa shape index (κ3) is 4.44. The van der Waals surface area contributed by atoms with Gasteiger partial charge in [-0.2, -0.15) is 0 Å². The normalized spacial score (nSPS) is 14.7. The molecule has 1 aromatic carbocycles. The van der Waals surface area contributed by atoms with Crippen molar-refractivity contribution < 1.29 is 14.0 Å². The van der Waals surface area contributed by atoms with Gasteiger partial charge in [0.05, 0.1) is 0 Å². The van der Waals surface area contributed by atoms with Gasteiger partial charge in [0.25, 0.3) is 0 Å². The molecule has 1 aromatic heterocycles. The molecule has 28 heavy (non-hydrogen) atoms. The van der Waals surface area contributed by atoms with Gasteiger partial charge in [-0.3, -0.25) is 9.59 Å². The zero-order valence-electron chi connectivity index (χ0n) is 16.1. The number of piperazine rings is 1. The molecule has 1 aliphatic rings. The third-order valence-corrected chi connectivity index (χ3v) is 4.87. The van der Waals surface area contributed by atoms with E-state index in [2.05, 4.69) is 15.3 Å². The highest BCUT2D eigenvalue weighted by atomic mass is 19.1. The number of nitrogens with one attached hydrogen (secondary N) is 1. The third-order valence-electron chi connectivity index (χ3n) is 4.87. The number of halogens is 1. The first kappa shape index (κ1) is 19.7. The highest BCUT2D eigenvalue weighted by Crippen LogP contribution is 2.21. The molecule has 7 nitrogen and oxygen atoms in total. The summed E-state index contributed by atoms with van der Waals surface area (Å²) in [7, 11) is 0. The molecule has 148 valence electrons. The lowest BCUT2D eigenvalue weighted by molar-refractivity contribution is -0.148. The zero-order valence-corrected chi connectivity index (χ0v) is 16.1. The molecule has 1 fully saturated rings. The number of rotatable bonds is 5. The fraction of sp³-hybridized carbons (Fsp3) is 0.400. The van der Waals surface area contributed by atoms with Gasteiger partial charge in [0.2, 0.25) is 17.8 Å². The Hall–Kier alpha value is -3.03. The van der Waals surface area contributed by atoms with E-state index in [1.165, 1.54) is 12.1 Å². The van der Waals surface area contributed by atoms with Crippen LogP contribution in [0.5, 0.6) is 0 Å². The molecule has 0 unspecified atom stereocenters. The molecule has 3 rings (SSSR count). The van der Waals surface area contributed by atoms with Crippen molar-refractivity contribution in [3.63, 3.8) is 0 Å². The molecule has 0 saturated carbocycles. The highest BCUT2D eigenvalue weighted by Gasteiger charge is 2.40. The average molecular weight is 385 g/mol. The van der Waals surface area contributed by atoms with Gasteiger partial charge in [-0.05, 0) is 37.6 Å². The van der Waals surface area contributed by atoms with Crippen molar-refractivity contribution in [1.82, 2.24) is 20.2 Å². The number of amides is 2. The largest absolute Gasteiger partial charge is 0.351 e. The maximum Gasteiger partial charge on any atom is 0.237 e. The van der Waals surface area contributed by atoms with Gasteiger partial charge in [-0.15, -0.1) is 0 Å². The summed E-state index contributed by atoms with van der Waals surface area (Å²) in [5.41, 5.74) is -0.416. The van der Waals surface area contributed by atoms with Crippen LogP contribution in [-0.4, -0.2) is 52.9 Å². The second kappa shape index (κ2) is 8.33. The molecule has 2 heterocycles. The van der Waals surface area contributed by atoms with Crippen molar-refractivity contribution in [3.8, 4) is 0 Å². The number of anilines is 1. The van der Waals surface area contributed by atoms with Gasteiger partial charge < -0.3 is 15.1 Å². The molecular weight excluding hydrogens is 361 g/mol. The van der Waals surface area contributed by atoms with Gasteiger partial charge in [0.15, 0.2) is 0 Å². The van der Waals surface area contributed by atoms with Crippen molar-refractivity contribution in [3.05, 3.63) is 54.1 Å². The number of aromatic nitrogens is 2. The Balaban J connectivity index is 1.55. The Morgan fingerprint density at radius 1 is 1.07 bits per heavy atom. The molecule has 1 saturated heterocycles. The molecule has 0 atom stereocenters. The molecule has 2 amide bonds. The summed E-state index contributed by atoms with van der Waals surface area (Å²) in [5.74, 6) is -0.245. The molecule has 1 N–H and O–H groups in total. The van der Waals surface area contributed by atoms with E-state index in [4.69, 9.17) is 0 Å². The van der Waals surface area contributed by atoms with Crippen LogP contribution in [0.1, 0.15) is 19.4 Å². The second-order valence-corrected chi connectivity index (χ2v) is 7.26. The van der Waals surface area contributed by atoms with Gasteiger partial charge in [-0.25, -0.2) is 14.4 Å². The van der Waals surface area contributed by atoms with Crippen molar-refractivity contribution in [1.29, 1.82) is 0 Å². The number of hydrogen-bond donors (Lipinski definition) is 1. The smallest absolute Gasteiger partial charge is 0.237 e. The topological polar surface area (TPSA) is 78.4 Å². The Morgan fingerprint density at radius 2 is 1.68 bits per heavy atom. The number of carbonyl (C=O) groups excluding carboxylic acids is 2. The van der Waals surface area contributed by atoms with Crippen LogP contribution >= 0.6 is 0 Å². The number of hydrogen-bond acceptors (Lipinski definition) is 5. The van der Waals surface area contributed by atoms with E-state index in [1.807, 2.05) is 4.90 Å². The van der Waals surface area contributed by atoms with E-state index in [-0.39, 0.29) is 24.2 Å². The predicted molar refractivity (Wildman–Crippen MR) is 103 cm³/mol. The van der Waals surface area contributed by atoms with E-state index < -0.39 is 5.41 Å². The summed E-state index contributed by atoms with van der Waals surface area (Å²) in [6.45, 7) is 5.74. The van der Waals surface area contributed by atoms with Crippen LogP contribution in [0.3, 0.4) is 0 Å². The summed E-state index contributed by atoms with van der Waals surface area (Å²) < 4.78 is 13.0. The van der Waals surface area contributed by atoms with Crippen LogP contribution in [0, 0.1) is 11.2 Å². The van der Waals surface area contributed by atoms with Crippen LogP contribution in [-0.2, 0) is 16.1 Å². The minimum Gasteiger partial charge on any atom is -0.351 e. The first-order chi connectivity index (χ1) is 13.4. The molecule has 0 radical (unpaired) electrons. The number of benzene rings is 1. The van der Waals surface area contributed by atoms with Gasteiger partial charge in [0, 0.05) is 45.1 Å². The molecule has 1 aliphatic heterocycles. The maximum atomic E-state index is 13.0. The van der Waals surface area contributed by atoms with Crippen molar-refractivity contribution in [2.75, 3.05) is 31.1 Å². The van der Waals surface area contributed by atoms with Crippen LogP contribution < -0.4 is 10.2 Å². The standard InChI is InChI=1S/C20H24FN5O2/c1-20(2,17(27)24-14-15-4-6-16(21)7-5-15)18(28)25-10-12-26(13-11-25)19-22-8-3-9-23-19/h3-9H,10-14H2,1-2H3,(H,24,27). The lowest BCUT2D eigenvalue weighted by atomic mass is 9.90. The van der Waals surface area contributed by atoms with Crippen molar-refractivity contribution in [2.24, 2.45) is 5.41 Å². The Bertz CT molecular complexity index is 818. The summed E-state index contributed by atoms with van der Waals surface area (Å²) in [5, 5.41) is 2.77. The molecule has 0 bridgehead atoms. The second-order valence-electron chi connectivity index (χ2n) is 7.26. The Labute approximate surface area is 163 Å². The minimum absolute atomic E-state index is 0.210.